The van der Waals surface area contributed by atoms with Crippen LogP contribution >= 0.6 is 12.6 Å². The highest BCUT2D eigenvalue weighted by Crippen LogP contribution is 2.20. The number of rotatable bonds is 3. The molecule has 0 amide bonds. The summed E-state index contributed by atoms with van der Waals surface area (Å²) in [6.45, 7) is 0. The molecule has 0 aliphatic rings. The van der Waals surface area contributed by atoms with E-state index in [1.54, 1.807) is 6.07 Å². The van der Waals surface area contributed by atoms with Gasteiger partial charge in [0, 0.05) is 5.75 Å². The average Bonchev–Trinajstić information content (AvgIpc) is 2.27. The van der Waals surface area contributed by atoms with Gasteiger partial charge in [-0.3, -0.25) is 0 Å². The van der Waals surface area contributed by atoms with Gasteiger partial charge in [0.15, 0.2) is 0 Å². The predicted molar refractivity (Wildman–Crippen MR) is 55.9 cm³/mol. The zero-order valence-corrected chi connectivity index (χ0v) is 8.66. The first-order chi connectivity index (χ1) is 7.10. The van der Waals surface area contributed by atoms with Crippen molar-refractivity contribution in [1.82, 2.24) is 0 Å². The van der Waals surface area contributed by atoms with Gasteiger partial charge in [-0.2, -0.15) is 17.9 Å². The minimum Gasteiger partial charge on any atom is -0.389 e. The van der Waals surface area contributed by atoms with Crippen LogP contribution in [0.15, 0.2) is 18.2 Å². The second kappa shape index (κ2) is 5.12. The van der Waals surface area contributed by atoms with Crippen molar-refractivity contribution in [2.45, 2.75) is 12.2 Å². The van der Waals surface area contributed by atoms with Crippen molar-refractivity contribution in [3.8, 4) is 6.07 Å². The van der Waals surface area contributed by atoms with E-state index in [-0.39, 0.29) is 11.3 Å². The van der Waals surface area contributed by atoms with Crippen molar-refractivity contribution >= 4 is 12.6 Å². The van der Waals surface area contributed by atoms with Crippen LogP contribution in [0.2, 0.25) is 0 Å². The van der Waals surface area contributed by atoms with Crippen LogP contribution in [-0.2, 0) is 0 Å². The molecule has 0 saturated carbocycles. The number of halogens is 1. The molecule has 2 atom stereocenters. The zero-order chi connectivity index (χ0) is 11.4. The Balaban J connectivity index is 3.02. The molecule has 0 fully saturated rings. The molecule has 0 bridgehead atoms. The summed E-state index contributed by atoms with van der Waals surface area (Å²) in [5, 5.41) is 27.5. The number of aliphatic hydroxyl groups excluding tert-OH is 2. The first-order valence-corrected chi connectivity index (χ1v) is 4.90. The molecule has 0 aromatic heterocycles. The van der Waals surface area contributed by atoms with E-state index in [4.69, 9.17) is 5.26 Å². The molecule has 1 aromatic rings. The molecule has 15 heavy (non-hydrogen) atoms. The number of benzene rings is 1. The largest absolute Gasteiger partial charge is 0.389 e. The molecule has 80 valence electrons. The van der Waals surface area contributed by atoms with E-state index in [1.807, 2.05) is 0 Å². The van der Waals surface area contributed by atoms with Crippen molar-refractivity contribution in [3.05, 3.63) is 35.1 Å². The second-order valence-corrected chi connectivity index (χ2v) is 3.41. The summed E-state index contributed by atoms with van der Waals surface area (Å²) >= 11 is 3.83. The Bertz CT molecular complexity index is 391. The summed E-state index contributed by atoms with van der Waals surface area (Å²) < 4.78 is 12.9. The number of aliphatic hydroxyl groups is 2. The number of thiol groups is 1. The van der Waals surface area contributed by atoms with Gasteiger partial charge in [-0.1, -0.05) is 6.07 Å². The second-order valence-electron chi connectivity index (χ2n) is 3.05. The molecule has 1 aromatic carbocycles. The van der Waals surface area contributed by atoms with Crippen LogP contribution in [0.5, 0.6) is 0 Å². The van der Waals surface area contributed by atoms with Gasteiger partial charge >= 0.3 is 0 Å². The summed E-state index contributed by atoms with van der Waals surface area (Å²) in [5.74, 6) is -0.561. The van der Waals surface area contributed by atoms with E-state index < -0.39 is 18.0 Å². The van der Waals surface area contributed by atoms with Crippen LogP contribution in [0.3, 0.4) is 0 Å². The number of hydrogen-bond donors (Lipinski definition) is 3. The highest BCUT2D eigenvalue weighted by Gasteiger charge is 2.17. The quantitative estimate of drug-likeness (QED) is 0.675. The third kappa shape index (κ3) is 2.69. The fourth-order valence-electron chi connectivity index (χ4n) is 1.13. The molecule has 2 unspecified atom stereocenters. The number of nitriles is 1. The SMILES string of the molecule is N#Cc1cc(C(O)C(O)CS)ccc1F. The Labute approximate surface area is 92.2 Å². The Morgan fingerprint density at radius 1 is 1.47 bits per heavy atom. The monoisotopic (exact) mass is 227 g/mol. The molecule has 0 aliphatic heterocycles. The van der Waals surface area contributed by atoms with E-state index in [2.05, 4.69) is 12.6 Å². The van der Waals surface area contributed by atoms with Gasteiger partial charge in [0.1, 0.15) is 18.0 Å². The maximum atomic E-state index is 12.9. The van der Waals surface area contributed by atoms with Crippen LogP contribution in [0.25, 0.3) is 0 Å². The smallest absolute Gasteiger partial charge is 0.140 e. The van der Waals surface area contributed by atoms with E-state index in [0.29, 0.717) is 5.56 Å². The molecule has 0 heterocycles. The van der Waals surface area contributed by atoms with Gasteiger partial charge < -0.3 is 10.2 Å². The molecule has 3 nitrogen and oxygen atoms in total. The highest BCUT2D eigenvalue weighted by atomic mass is 32.1. The predicted octanol–water partition coefficient (Wildman–Crippen LogP) is 1.02. The van der Waals surface area contributed by atoms with Gasteiger partial charge in [-0.25, -0.2) is 4.39 Å². The lowest BCUT2D eigenvalue weighted by Crippen LogP contribution is -2.19. The van der Waals surface area contributed by atoms with Crippen LogP contribution < -0.4 is 0 Å². The van der Waals surface area contributed by atoms with Crippen molar-refractivity contribution < 1.29 is 14.6 Å². The lowest BCUT2D eigenvalue weighted by Gasteiger charge is -2.16. The molecule has 0 saturated heterocycles. The third-order valence-electron chi connectivity index (χ3n) is 2.00. The topological polar surface area (TPSA) is 64.2 Å². The van der Waals surface area contributed by atoms with Crippen molar-refractivity contribution in [2.24, 2.45) is 0 Å². The van der Waals surface area contributed by atoms with Crippen LogP contribution in [0, 0.1) is 17.1 Å². The Morgan fingerprint density at radius 3 is 2.67 bits per heavy atom. The summed E-state index contributed by atoms with van der Waals surface area (Å²) in [5.41, 5.74) is 0.146. The normalized spacial score (nSPS) is 14.3. The molecular weight excluding hydrogens is 217 g/mol. The highest BCUT2D eigenvalue weighted by molar-refractivity contribution is 7.80. The van der Waals surface area contributed by atoms with Crippen LogP contribution in [0.1, 0.15) is 17.2 Å². The fourth-order valence-corrected chi connectivity index (χ4v) is 1.33. The summed E-state index contributed by atoms with van der Waals surface area (Å²) in [6, 6.07) is 5.29. The fraction of sp³-hybridized carbons (Fsp3) is 0.300. The van der Waals surface area contributed by atoms with E-state index in [0.717, 1.165) is 6.07 Å². The number of hydrogen-bond acceptors (Lipinski definition) is 4. The lowest BCUT2D eigenvalue weighted by molar-refractivity contribution is 0.0337. The number of nitrogens with zero attached hydrogens (tertiary/aromatic N) is 1. The summed E-state index contributed by atoms with van der Waals surface area (Å²) in [6.07, 6.45) is -2.19. The van der Waals surface area contributed by atoms with Gasteiger partial charge in [0.25, 0.3) is 0 Å². The third-order valence-corrected chi connectivity index (χ3v) is 2.38. The molecular formula is C10H10FNO2S. The maximum Gasteiger partial charge on any atom is 0.140 e. The van der Waals surface area contributed by atoms with E-state index in [1.165, 1.54) is 12.1 Å². The van der Waals surface area contributed by atoms with E-state index >= 15 is 0 Å². The van der Waals surface area contributed by atoms with Gasteiger partial charge in [0.2, 0.25) is 0 Å². The first-order valence-electron chi connectivity index (χ1n) is 4.26. The maximum absolute atomic E-state index is 12.9. The first kappa shape index (κ1) is 12.0. The molecule has 5 heteroatoms. The van der Waals surface area contributed by atoms with E-state index in [9.17, 15) is 14.6 Å². The van der Waals surface area contributed by atoms with Crippen LogP contribution in [0.4, 0.5) is 4.39 Å². The minimum atomic E-state index is -1.16. The van der Waals surface area contributed by atoms with Crippen LogP contribution in [-0.4, -0.2) is 22.1 Å². The standard InChI is InChI=1S/C10H10FNO2S/c11-8-2-1-6(3-7(8)4-12)10(14)9(13)5-15/h1-3,9-10,13-15H,5H2. The lowest BCUT2D eigenvalue weighted by atomic mass is 10.0. The molecule has 2 N–H and O–H groups in total. The average molecular weight is 227 g/mol. The molecule has 0 aliphatic carbocycles. The molecule has 0 spiro atoms. The summed E-state index contributed by atoms with van der Waals surface area (Å²) in [7, 11) is 0. The summed E-state index contributed by atoms with van der Waals surface area (Å²) in [4.78, 5) is 0. The van der Waals surface area contributed by atoms with Gasteiger partial charge in [-0.05, 0) is 17.7 Å². The van der Waals surface area contributed by atoms with Gasteiger partial charge in [0.05, 0.1) is 11.7 Å². The zero-order valence-electron chi connectivity index (χ0n) is 7.76. The van der Waals surface area contributed by atoms with Gasteiger partial charge in [-0.15, -0.1) is 0 Å². The van der Waals surface area contributed by atoms with Crippen molar-refractivity contribution in [1.29, 1.82) is 5.26 Å². The Morgan fingerprint density at radius 2 is 2.13 bits per heavy atom. The minimum absolute atomic E-state index is 0.0838. The Kier molecular flexibility index (Phi) is 4.09. The molecule has 1 rings (SSSR count). The van der Waals surface area contributed by atoms with Crippen molar-refractivity contribution in [3.63, 3.8) is 0 Å². The van der Waals surface area contributed by atoms with Crippen molar-refractivity contribution in [2.75, 3.05) is 5.75 Å². The Hall–Kier alpha value is -1.09. The molecule has 0 radical (unpaired) electrons.